The van der Waals surface area contributed by atoms with Gasteiger partial charge >= 0.3 is 0 Å². The monoisotopic (exact) mass is 317 g/mol. The van der Waals surface area contributed by atoms with Gasteiger partial charge in [0.1, 0.15) is 5.75 Å². The molecule has 0 amide bonds. The van der Waals surface area contributed by atoms with Crippen LogP contribution in [0.15, 0.2) is 35.6 Å². The first kappa shape index (κ1) is 19.3. The molecule has 1 aromatic carbocycles. The van der Waals surface area contributed by atoms with Crippen LogP contribution in [-0.2, 0) is 11.2 Å². The van der Waals surface area contributed by atoms with E-state index >= 15 is 0 Å². The zero-order valence-corrected chi connectivity index (χ0v) is 14.9. The van der Waals surface area contributed by atoms with Gasteiger partial charge in [-0.3, -0.25) is 4.79 Å². The SMILES string of the molecule is CCCCC(CC)COc1ccc(C/C(C(C)=O)=C(\C)[O-])cc1. The first-order chi connectivity index (χ1) is 11.0. The lowest BCUT2D eigenvalue weighted by atomic mass is 10.0. The molecule has 0 aliphatic rings. The van der Waals surface area contributed by atoms with E-state index in [4.69, 9.17) is 4.74 Å². The van der Waals surface area contributed by atoms with E-state index in [0.717, 1.165) is 24.3 Å². The topological polar surface area (TPSA) is 49.4 Å². The van der Waals surface area contributed by atoms with Crippen molar-refractivity contribution in [2.24, 2.45) is 5.92 Å². The maximum Gasteiger partial charge on any atom is 0.155 e. The number of rotatable bonds is 10. The second-order valence-corrected chi connectivity index (χ2v) is 6.14. The summed E-state index contributed by atoms with van der Waals surface area (Å²) >= 11 is 0. The van der Waals surface area contributed by atoms with E-state index in [2.05, 4.69) is 13.8 Å². The molecule has 0 radical (unpaired) electrons. The third-order valence-corrected chi connectivity index (χ3v) is 4.18. The fourth-order valence-electron chi connectivity index (χ4n) is 2.52. The summed E-state index contributed by atoms with van der Waals surface area (Å²) in [5, 5.41) is 11.5. The van der Waals surface area contributed by atoms with Crippen molar-refractivity contribution < 1.29 is 14.6 Å². The Hall–Kier alpha value is -1.77. The van der Waals surface area contributed by atoms with Gasteiger partial charge in [0.15, 0.2) is 5.78 Å². The van der Waals surface area contributed by atoms with Crippen LogP contribution < -0.4 is 9.84 Å². The number of hydrogen-bond acceptors (Lipinski definition) is 3. The lowest BCUT2D eigenvalue weighted by Crippen LogP contribution is -2.12. The molecule has 1 aromatic rings. The van der Waals surface area contributed by atoms with Crippen LogP contribution in [-0.4, -0.2) is 12.4 Å². The molecule has 0 bridgehead atoms. The molecule has 0 N–H and O–H groups in total. The van der Waals surface area contributed by atoms with Crippen molar-refractivity contribution in [3.05, 3.63) is 41.2 Å². The summed E-state index contributed by atoms with van der Waals surface area (Å²) in [5.41, 5.74) is 1.31. The van der Waals surface area contributed by atoms with Gasteiger partial charge in [-0.05, 0) is 49.0 Å². The van der Waals surface area contributed by atoms with E-state index < -0.39 is 0 Å². The first-order valence-electron chi connectivity index (χ1n) is 8.57. The molecule has 0 spiro atoms. The summed E-state index contributed by atoms with van der Waals surface area (Å²) in [6.45, 7) is 8.03. The van der Waals surface area contributed by atoms with Crippen molar-refractivity contribution in [2.75, 3.05) is 6.61 Å². The molecule has 0 fully saturated rings. The highest BCUT2D eigenvalue weighted by molar-refractivity contribution is 5.93. The molecule has 0 aliphatic heterocycles. The Morgan fingerprint density at radius 1 is 1.17 bits per heavy atom. The molecular weight excluding hydrogens is 288 g/mol. The van der Waals surface area contributed by atoms with Crippen LogP contribution >= 0.6 is 0 Å². The summed E-state index contributed by atoms with van der Waals surface area (Å²) < 4.78 is 5.87. The van der Waals surface area contributed by atoms with Crippen molar-refractivity contribution >= 4 is 5.78 Å². The summed E-state index contributed by atoms with van der Waals surface area (Å²) in [6.07, 6.45) is 5.19. The number of Topliss-reactive ketones (excluding diaryl/α,β-unsaturated/α-hetero) is 1. The van der Waals surface area contributed by atoms with Crippen LogP contribution in [0.25, 0.3) is 0 Å². The second kappa shape index (κ2) is 10.1. The Balaban J connectivity index is 2.59. The molecule has 1 rings (SSSR count). The lowest BCUT2D eigenvalue weighted by molar-refractivity contribution is -0.303. The summed E-state index contributed by atoms with van der Waals surface area (Å²) in [7, 11) is 0. The van der Waals surface area contributed by atoms with Crippen molar-refractivity contribution in [3.63, 3.8) is 0 Å². The van der Waals surface area contributed by atoms with Crippen molar-refractivity contribution in [1.82, 2.24) is 0 Å². The van der Waals surface area contributed by atoms with Crippen LogP contribution in [0.3, 0.4) is 0 Å². The maximum absolute atomic E-state index is 11.5. The highest BCUT2D eigenvalue weighted by Crippen LogP contribution is 2.19. The van der Waals surface area contributed by atoms with E-state index in [1.165, 1.54) is 33.1 Å². The minimum absolute atomic E-state index is 0.153. The van der Waals surface area contributed by atoms with Gasteiger partial charge < -0.3 is 9.84 Å². The molecule has 3 heteroatoms. The molecule has 23 heavy (non-hydrogen) atoms. The van der Waals surface area contributed by atoms with E-state index in [-0.39, 0.29) is 11.5 Å². The van der Waals surface area contributed by atoms with Gasteiger partial charge in [0.05, 0.1) is 6.61 Å². The molecular formula is C20H29O3-. The van der Waals surface area contributed by atoms with E-state index in [1.807, 2.05) is 24.3 Å². The Labute approximate surface area is 140 Å². The van der Waals surface area contributed by atoms with Crippen molar-refractivity contribution in [3.8, 4) is 5.75 Å². The number of ether oxygens (including phenoxy) is 1. The standard InChI is InChI=1S/C20H30O3/c1-5-7-8-17(6-2)14-23-19-11-9-18(10-12-19)13-20(15(3)21)16(4)22/h9-12,17,21H,5-8,13-14H2,1-4H3/p-1/b20-15-. The van der Waals surface area contributed by atoms with Crippen LogP contribution in [0.4, 0.5) is 0 Å². The molecule has 0 saturated carbocycles. The smallest absolute Gasteiger partial charge is 0.155 e. The molecule has 0 heterocycles. The van der Waals surface area contributed by atoms with Gasteiger partial charge in [-0.15, -0.1) is 5.76 Å². The van der Waals surface area contributed by atoms with Gasteiger partial charge in [0.2, 0.25) is 0 Å². The number of carbonyl (C=O) groups is 1. The molecule has 128 valence electrons. The minimum Gasteiger partial charge on any atom is -0.875 e. The average molecular weight is 317 g/mol. The Morgan fingerprint density at radius 3 is 2.30 bits per heavy atom. The Bertz CT molecular complexity index is 510. The average Bonchev–Trinajstić information content (AvgIpc) is 2.53. The van der Waals surface area contributed by atoms with Gasteiger partial charge in [-0.1, -0.05) is 52.2 Å². The van der Waals surface area contributed by atoms with Gasteiger partial charge in [-0.2, -0.15) is 0 Å². The Morgan fingerprint density at radius 2 is 1.83 bits per heavy atom. The van der Waals surface area contributed by atoms with Gasteiger partial charge in [-0.25, -0.2) is 0 Å². The molecule has 1 atom stereocenters. The summed E-state index contributed by atoms with van der Waals surface area (Å²) in [5.74, 6) is 1.14. The maximum atomic E-state index is 11.5. The summed E-state index contributed by atoms with van der Waals surface area (Å²) in [4.78, 5) is 11.5. The minimum atomic E-state index is -0.153. The largest absolute Gasteiger partial charge is 0.875 e. The van der Waals surface area contributed by atoms with Crippen LogP contribution in [0.1, 0.15) is 58.9 Å². The van der Waals surface area contributed by atoms with E-state index in [1.54, 1.807) is 0 Å². The number of unbranched alkanes of at least 4 members (excludes halogenated alkanes) is 1. The molecule has 0 saturated heterocycles. The quantitative estimate of drug-likeness (QED) is 0.483. The number of ketones is 1. The van der Waals surface area contributed by atoms with Crippen molar-refractivity contribution in [1.29, 1.82) is 0 Å². The first-order valence-corrected chi connectivity index (χ1v) is 8.57. The molecule has 3 nitrogen and oxygen atoms in total. The van der Waals surface area contributed by atoms with Crippen LogP contribution in [0.2, 0.25) is 0 Å². The zero-order valence-electron chi connectivity index (χ0n) is 14.9. The van der Waals surface area contributed by atoms with E-state index in [9.17, 15) is 9.90 Å². The number of hydrogen-bond donors (Lipinski definition) is 0. The fraction of sp³-hybridized carbons (Fsp3) is 0.550. The summed E-state index contributed by atoms with van der Waals surface area (Å²) in [6, 6.07) is 7.68. The third-order valence-electron chi connectivity index (χ3n) is 4.18. The molecule has 0 aliphatic carbocycles. The highest BCUT2D eigenvalue weighted by atomic mass is 16.5. The van der Waals surface area contributed by atoms with Gasteiger partial charge in [0.25, 0.3) is 0 Å². The molecule has 0 aromatic heterocycles. The predicted octanol–water partition coefficient (Wildman–Crippen LogP) is 4.05. The molecule has 1 unspecified atom stereocenters. The van der Waals surface area contributed by atoms with Crippen LogP contribution in [0, 0.1) is 5.92 Å². The van der Waals surface area contributed by atoms with Crippen LogP contribution in [0.5, 0.6) is 5.75 Å². The van der Waals surface area contributed by atoms with Gasteiger partial charge in [0, 0.05) is 0 Å². The number of allylic oxidation sites excluding steroid dienone is 2. The Kier molecular flexibility index (Phi) is 8.46. The zero-order chi connectivity index (χ0) is 17.2. The van der Waals surface area contributed by atoms with Crippen molar-refractivity contribution in [2.45, 2.75) is 59.8 Å². The lowest BCUT2D eigenvalue weighted by Gasteiger charge is -2.16. The third kappa shape index (κ3) is 6.89. The number of benzene rings is 1. The second-order valence-electron chi connectivity index (χ2n) is 6.14. The van der Waals surface area contributed by atoms with E-state index in [0.29, 0.717) is 17.9 Å². The fourth-order valence-corrected chi connectivity index (χ4v) is 2.52. The number of carbonyl (C=O) groups excluding carboxylic acids is 1. The normalized spacial score (nSPS) is 13.4. The highest BCUT2D eigenvalue weighted by Gasteiger charge is 2.08. The predicted molar refractivity (Wildman–Crippen MR) is 92.3 cm³/mol.